The molecule has 1 heterocycles. The Morgan fingerprint density at radius 3 is 2.77 bits per heavy atom. The van der Waals surface area contributed by atoms with Gasteiger partial charge in [0.25, 0.3) is 0 Å². The Bertz CT molecular complexity index is 838. The van der Waals surface area contributed by atoms with E-state index in [2.05, 4.69) is 52.8 Å². The van der Waals surface area contributed by atoms with E-state index in [0.29, 0.717) is 38.1 Å². The minimum atomic E-state index is -0.459. The fourth-order valence-corrected chi connectivity index (χ4v) is 2.60. The third-order valence-corrected chi connectivity index (χ3v) is 4.31. The number of benzene rings is 1. The van der Waals surface area contributed by atoms with Gasteiger partial charge in [-0.2, -0.15) is 5.10 Å². The maximum atomic E-state index is 10.7. The number of nitrogens with one attached hydrogen (secondary N) is 2. The van der Waals surface area contributed by atoms with E-state index in [1.54, 1.807) is 7.05 Å². The molecule has 9 nitrogen and oxygen atoms in total. The zero-order valence-electron chi connectivity index (χ0n) is 17.9. The molecule has 1 aromatic carbocycles. The van der Waals surface area contributed by atoms with Crippen LogP contribution >= 0.6 is 24.0 Å². The molecule has 2 aromatic rings. The van der Waals surface area contributed by atoms with Crippen LogP contribution in [0.15, 0.2) is 35.6 Å². The molecular formula is C20H31IN6O3. The van der Waals surface area contributed by atoms with Crippen molar-refractivity contribution in [1.29, 1.82) is 0 Å². The van der Waals surface area contributed by atoms with Crippen LogP contribution in [0.5, 0.6) is 5.75 Å². The van der Waals surface area contributed by atoms with Gasteiger partial charge in [0.15, 0.2) is 5.96 Å². The highest BCUT2D eigenvalue weighted by atomic mass is 127. The number of aromatic nitrogens is 2. The van der Waals surface area contributed by atoms with E-state index in [1.165, 1.54) is 17.1 Å². The van der Waals surface area contributed by atoms with Crippen LogP contribution in [0.3, 0.4) is 0 Å². The molecule has 10 heteroatoms. The number of aryl methyl sites for hydroxylation is 1. The van der Waals surface area contributed by atoms with Gasteiger partial charge < -0.3 is 15.4 Å². The molecular weight excluding hydrogens is 499 g/mol. The first-order chi connectivity index (χ1) is 13.9. The van der Waals surface area contributed by atoms with Crippen molar-refractivity contribution >= 4 is 35.6 Å². The average molecular weight is 530 g/mol. The lowest BCUT2D eigenvalue weighted by atomic mass is 10.1. The van der Waals surface area contributed by atoms with Crippen molar-refractivity contribution in [3.05, 3.63) is 51.8 Å². The normalized spacial score (nSPS) is 11.2. The monoisotopic (exact) mass is 530 g/mol. The summed E-state index contributed by atoms with van der Waals surface area (Å²) in [6.45, 7) is 8.69. The van der Waals surface area contributed by atoms with E-state index in [4.69, 9.17) is 4.74 Å². The van der Waals surface area contributed by atoms with Crippen molar-refractivity contribution in [2.45, 2.75) is 40.3 Å². The molecule has 0 bridgehead atoms. The van der Waals surface area contributed by atoms with Gasteiger partial charge in [-0.25, -0.2) is 0 Å². The first-order valence-corrected chi connectivity index (χ1v) is 9.72. The molecule has 1 aromatic heterocycles. The molecule has 166 valence electrons. The van der Waals surface area contributed by atoms with Crippen LogP contribution in [0.4, 0.5) is 5.69 Å². The SMILES string of the molecule is CN=C(NCCn1cc([N+](=O)[O-])cn1)NCc1ccc(C)cc1OCCC(C)C.I. The van der Waals surface area contributed by atoms with E-state index < -0.39 is 4.92 Å². The summed E-state index contributed by atoms with van der Waals surface area (Å²) in [6, 6.07) is 6.18. The lowest BCUT2D eigenvalue weighted by Crippen LogP contribution is -2.38. The van der Waals surface area contributed by atoms with Crippen molar-refractivity contribution in [3.8, 4) is 5.75 Å². The van der Waals surface area contributed by atoms with Crippen LogP contribution in [0.2, 0.25) is 0 Å². The van der Waals surface area contributed by atoms with E-state index in [1.807, 2.05) is 6.92 Å². The maximum Gasteiger partial charge on any atom is 0.306 e. The fourth-order valence-electron chi connectivity index (χ4n) is 2.60. The van der Waals surface area contributed by atoms with E-state index >= 15 is 0 Å². The summed E-state index contributed by atoms with van der Waals surface area (Å²) >= 11 is 0. The Hall–Kier alpha value is -2.37. The number of hydrogen-bond acceptors (Lipinski definition) is 5. The predicted octanol–water partition coefficient (Wildman–Crippen LogP) is 3.51. The largest absolute Gasteiger partial charge is 0.493 e. The minimum absolute atomic E-state index is 0. The molecule has 0 saturated carbocycles. The molecule has 0 aliphatic rings. The third-order valence-electron chi connectivity index (χ3n) is 4.31. The Balaban J connectivity index is 0.00000450. The van der Waals surface area contributed by atoms with Gasteiger partial charge in [-0.15, -0.1) is 24.0 Å². The Labute approximate surface area is 194 Å². The first-order valence-electron chi connectivity index (χ1n) is 9.72. The average Bonchev–Trinajstić information content (AvgIpc) is 3.14. The van der Waals surface area contributed by atoms with E-state index in [0.717, 1.165) is 23.3 Å². The molecule has 0 saturated heterocycles. The van der Waals surface area contributed by atoms with Crippen LogP contribution in [0.1, 0.15) is 31.4 Å². The number of hydrogen-bond donors (Lipinski definition) is 2. The summed E-state index contributed by atoms with van der Waals surface area (Å²) in [5.74, 6) is 2.12. The molecule has 0 amide bonds. The molecule has 0 fully saturated rings. The zero-order chi connectivity index (χ0) is 21.2. The van der Waals surface area contributed by atoms with Crippen molar-refractivity contribution in [2.75, 3.05) is 20.2 Å². The molecule has 0 atom stereocenters. The lowest BCUT2D eigenvalue weighted by Gasteiger charge is -2.16. The smallest absolute Gasteiger partial charge is 0.306 e. The summed E-state index contributed by atoms with van der Waals surface area (Å²) in [5.41, 5.74) is 2.20. The number of aliphatic imine (C=N–C) groups is 1. The van der Waals surface area contributed by atoms with E-state index in [9.17, 15) is 10.1 Å². The number of guanidine groups is 1. The first kappa shape index (κ1) is 25.7. The van der Waals surface area contributed by atoms with Gasteiger partial charge in [-0.3, -0.25) is 19.8 Å². The lowest BCUT2D eigenvalue weighted by molar-refractivity contribution is -0.385. The van der Waals surface area contributed by atoms with Crippen molar-refractivity contribution in [3.63, 3.8) is 0 Å². The molecule has 0 spiro atoms. The van der Waals surface area contributed by atoms with Gasteiger partial charge >= 0.3 is 5.69 Å². The van der Waals surface area contributed by atoms with Gasteiger partial charge in [0, 0.05) is 25.7 Å². The van der Waals surface area contributed by atoms with Gasteiger partial charge in [0.1, 0.15) is 18.1 Å². The van der Waals surface area contributed by atoms with Crippen LogP contribution in [-0.2, 0) is 13.1 Å². The summed E-state index contributed by atoms with van der Waals surface area (Å²) in [4.78, 5) is 14.5. The van der Waals surface area contributed by atoms with Gasteiger partial charge in [0.2, 0.25) is 0 Å². The summed E-state index contributed by atoms with van der Waals surface area (Å²) in [7, 11) is 1.70. The Morgan fingerprint density at radius 1 is 1.37 bits per heavy atom. The second kappa shape index (κ2) is 13.0. The van der Waals surface area contributed by atoms with Crippen LogP contribution in [0, 0.1) is 23.0 Å². The quantitative estimate of drug-likeness (QED) is 0.160. The zero-order valence-corrected chi connectivity index (χ0v) is 20.3. The van der Waals surface area contributed by atoms with E-state index in [-0.39, 0.29) is 29.7 Å². The second-order valence-electron chi connectivity index (χ2n) is 7.21. The molecule has 0 radical (unpaired) electrons. The summed E-state index contributed by atoms with van der Waals surface area (Å²) in [5, 5.41) is 21.1. The number of nitrogens with zero attached hydrogens (tertiary/aromatic N) is 4. The highest BCUT2D eigenvalue weighted by Crippen LogP contribution is 2.21. The molecule has 30 heavy (non-hydrogen) atoms. The second-order valence-corrected chi connectivity index (χ2v) is 7.21. The van der Waals surface area contributed by atoms with Gasteiger partial charge in [-0.05, 0) is 30.9 Å². The van der Waals surface area contributed by atoms with Gasteiger partial charge in [0.05, 0.1) is 18.1 Å². The minimum Gasteiger partial charge on any atom is -0.493 e. The summed E-state index contributed by atoms with van der Waals surface area (Å²) < 4.78 is 7.52. The maximum absolute atomic E-state index is 10.7. The van der Waals surface area contributed by atoms with Crippen LogP contribution in [0.25, 0.3) is 0 Å². The predicted molar refractivity (Wildman–Crippen MR) is 129 cm³/mol. The van der Waals surface area contributed by atoms with Crippen molar-refractivity contribution in [1.82, 2.24) is 20.4 Å². The van der Waals surface area contributed by atoms with Crippen LogP contribution in [-0.4, -0.2) is 40.9 Å². The molecule has 2 rings (SSSR count). The topological polar surface area (TPSA) is 107 Å². The van der Waals surface area contributed by atoms with Gasteiger partial charge in [-0.1, -0.05) is 26.0 Å². The third kappa shape index (κ3) is 8.56. The fraction of sp³-hybridized carbons (Fsp3) is 0.500. The Kier molecular flexibility index (Phi) is 11.2. The molecule has 0 aliphatic heterocycles. The standard InChI is InChI=1S/C20H30N6O3.HI/c1-15(2)7-10-29-19-11-16(3)5-6-17(19)12-23-20(21-4)22-8-9-25-14-18(13-24-25)26(27)28;/h5-6,11,13-15H,7-10,12H2,1-4H3,(H2,21,22,23);1H. The summed E-state index contributed by atoms with van der Waals surface area (Å²) in [6.07, 6.45) is 3.66. The number of halogens is 1. The van der Waals surface area contributed by atoms with Crippen molar-refractivity contribution in [2.24, 2.45) is 10.9 Å². The number of rotatable bonds is 10. The number of ether oxygens (including phenoxy) is 1. The highest BCUT2D eigenvalue weighted by molar-refractivity contribution is 14.0. The van der Waals surface area contributed by atoms with Crippen molar-refractivity contribution < 1.29 is 9.66 Å². The Morgan fingerprint density at radius 2 is 2.13 bits per heavy atom. The molecule has 0 unspecified atom stereocenters. The number of nitro groups is 1. The van der Waals surface area contributed by atoms with Crippen LogP contribution < -0.4 is 15.4 Å². The molecule has 0 aliphatic carbocycles. The molecule has 2 N–H and O–H groups in total. The highest BCUT2D eigenvalue weighted by Gasteiger charge is 2.09.